The van der Waals surface area contributed by atoms with Crippen molar-refractivity contribution in [3.63, 3.8) is 0 Å². The smallest absolute Gasteiger partial charge is 0.232 e. The fourth-order valence-corrected chi connectivity index (χ4v) is 7.64. The van der Waals surface area contributed by atoms with Crippen molar-refractivity contribution in [2.24, 2.45) is 0 Å². The second kappa shape index (κ2) is 9.81. The number of ether oxygens (including phenoxy) is 1. The van der Waals surface area contributed by atoms with Gasteiger partial charge in [0.1, 0.15) is 17.2 Å². The third-order valence-electron chi connectivity index (χ3n) is 8.42. The Morgan fingerprint density at radius 1 is 1.02 bits per heavy atom. The van der Waals surface area contributed by atoms with Crippen LogP contribution in [-0.4, -0.2) is 80.4 Å². The molecule has 2 saturated heterocycles. The van der Waals surface area contributed by atoms with Gasteiger partial charge in [-0.25, -0.2) is 8.42 Å². The molecule has 2 fully saturated rings. The van der Waals surface area contributed by atoms with Crippen molar-refractivity contribution in [3.05, 3.63) is 54.2 Å². The minimum Gasteiger partial charge on any atom is -0.494 e. The fraction of sp³-hybridized carbons (Fsp3) is 0.379. The first kappa shape index (κ1) is 25.9. The van der Waals surface area contributed by atoms with Gasteiger partial charge in [0, 0.05) is 49.7 Å². The van der Waals surface area contributed by atoms with Crippen LogP contribution in [0.2, 0.25) is 0 Å². The van der Waals surface area contributed by atoms with E-state index in [1.165, 1.54) is 29.1 Å². The van der Waals surface area contributed by atoms with E-state index >= 15 is 0 Å². The Morgan fingerprint density at radius 2 is 1.83 bits per heavy atom. The van der Waals surface area contributed by atoms with Gasteiger partial charge >= 0.3 is 0 Å². The normalized spacial score (nSPS) is 20.5. The number of nitrogens with one attached hydrogen (secondary N) is 3. The van der Waals surface area contributed by atoms with Gasteiger partial charge in [-0.3, -0.25) is 4.31 Å². The van der Waals surface area contributed by atoms with Crippen molar-refractivity contribution in [3.8, 4) is 5.75 Å². The third kappa shape index (κ3) is 4.60. The van der Waals surface area contributed by atoms with E-state index < -0.39 is 10.0 Å². The lowest BCUT2D eigenvalue weighted by Crippen LogP contribution is -2.52. The van der Waals surface area contributed by atoms with Crippen LogP contribution < -0.4 is 24.6 Å². The Hall–Kier alpha value is -4.03. The van der Waals surface area contributed by atoms with Gasteiger partial charge in [0.15, 0.2) is 0 Å². The van der Waals surface area contributed by atoms with E-state index in [4.69, 9.17) is 14.7 Å². The second-order valence-electron chi connectivity index (χ2n) is 11.2. The van der Waals surface area contributed by atoms with Gasteiger partial charge in [-0.05, 0) is 56.1 Å². The Labute approximate surface area is 239 Å². The number of likely N-dealkylation sites (N-methyl/N-ethyl adjacent to an activating group) is 1. The number of H-pyrrole nitrogens is 1. The lowest BCUT2D eigenvalue weighted by Gasteiger charge is -2.41. The van der Waals surface area contributed by atoms with Gasteiger partial charge < -0.3 is 30.2 Å². The van der Waals surface area contributed by atoms with Crippen LogP contribution in [0.25, 0.3) is 11.0 Å². The molecule has 0 aliphatic carbocycles. The van der Waals surface area contributed by atoms with Crippen molar-refractivity contribution in [2.75, 3.05) is 59.9 Å². The molecule has 11 nitrogen and oxygen atoms in total. The molecule has 12 heteroatoms. The maximum Gasteiger partial charge on any atom is 0.232 e. The largest absolute Gasteiger partial charge is 0.494 e. The monoisotopic (exact) mass is 574 g/mol. The first-order valence-corrected chi connectivity index (χ1v) is 15.8. The van der Waals surface area contributed by atoms with Crippen molar-refractivity contribution in [1.82, 2.24) is 19.9 Å². The van der Waals surface area contributed by atoms with Crippen molar-refractivity contribution >= 4 is 55.6 Å². The summed E-state index contributed by atoms with van der Waals surface area (Å²) >= 11 is 0. The Bertz CT molecular complexity index is 1730. The number of sulfonamides is 1. The van der Waals surface area contributed by atoms with Crippen LogP contribution >= 0.6 is 0 Å². The summed E-state index contributed by atoms with van der Waals surface area (Å²) < 4.78 is 32.3. The van der Waals surface area contributed by atoms with Gasteiger partial charge in [0.2, 0.25) is 16.0 Å². The molecule has 0 amide bonds. The number of benzene rings is 2. The van der Waals surface area contributed by atoms with Crippen molar-refractivity contribution in [2.45, 2.75) is 31.3 Å². The van der Waals surface area contributed by atoms with Crippen LogP contribution in [-0.2, 0) is 16.4 Å². The van der Waals surface area contributed by atoms with E-state index in [2.05, 4.69) is 44.6 Å². The molecule has 2 aromatic carbocycles. The Kier molecular flexibility index (Phi) is 6.20. The number of aromatic nitrogens is 3. The number of piperazine rings is 1. The molecule has 0 radical (unpaired) electrons. The molecule has 2 atom stereocenters. The standard InChI is InChI=1S/C29H34N8O3S/c1-35-16-20-7-8-21(17-35)37(20)19-9-10-23(25(15-19)40-2)32-29-33-27-22(11-13-30-27)28(34-29)31-24-6-4-5-18-12-14-36(26(18)24)41(3,38)39/h4-6,9-11,13,15,20-21H,7-8,12,14,16-17H2,1-3H3,(H3,30,31,32,33,34). The second-order valence-corrected chi connectivity index (χ2v) is 13.1. The molecule has 3 aliphatic heterocycles. The van der Waals surface area contributed by atoms with Crippen LogP contribution in [0.3, 0.4) is 0 Å². The number of anilines is 6. The van der Waals surface area contributed by atoms with Crippen molar-refractivity contribution in [1.29, 1.82) is 0 Å². The molecule has 0 spiro atoms. The molecule has 2 aromatic heterocycles. The third-order valence-corrected chi connectivity index (χ3v) is 9.58. The molecular weight excluding hydrogens is 540 g/mol. The van der Waals surface area contributed by atoms with Crippen LogP contribution in [0.1, 0.15) is 18.4 Å². The van der Waals surface area contributed by atoms with Gasteiger partial charge in [-0.1, -0.05) is 12.1 Å². The molecule has 7 rings (SSSR count). The number of nitrogens with zero attached hydrogens (tertiary/aromatic N) is 5. The number of aromatic amines is 1. The molecule has 3 N–H and O–H groups in total. The van der Waals surface area contributed by atoms with E-state index in [0.29, 0.717) is 53.8 Å². The summed E-state index contributed by atoms with van der Waals surface area (Å²) in [6.45, 7) is 2.57. The summed E-state index contributed by atoms with van der Waals surface area (Å²) in [5, 5.41) is 7.55. The average molecular weight is 575 g/mol. The zero-order chi connectivity index (χ0) is 28.3. The zero-order valence-electron chi connectivity index (χ0n) is 23.4. The van der Waals surface area contributed by atoms with Crippen LogP contribution in [0.4, 0.5) is 34.5 Å². The van der Waals surface area contributed by atoms with Crippen molar-refractivity contribution < 1.29 is 13.2 Å². The average Bonchev–Trinajstić information content (AvgIpc) is 3.66. The highest BCUT2D eigenvalue weighted by Gasteiger charge is 2.39. The molecule has 0 saturated carbocycles. The highest BCUT2D eigenvalue weighted by atomic mass is 32.2. The fourth-order valence-electron chi connectivity index (χ4n) is 6.67. The van der Waals surface area contributed by atoms with E-state index in [9.17, 15) is 8.42 Å². The van der Waals surface area contributed by atoms with Crippen LogP contribution in [0, 0.1) is 0 Å². The first-order valence-electron chi connectivity index (χ1n) is 13.9. The SMILES string of the molecule is COc1cc(N2C3CCC2CN(C)C3)ccc1Nc1nc(Nc2cccc3c2N(S(C)(=O)=O)CC3)c2cc[nH]c2n1. The van der Waals surface area contributed by atoms with Crippen LogP contribution in [0.5, 0.6) is 5.75 Å². The van der Waals surface area contributed by atoms with Gasteiger partial charge in [0.05, 0.1) is 35.8 Å². The maximum absolute atomic E-state index is 12.5. The number of rotatable bonds is 7. The lowest BCUT2D eigenvalue weighted by atomic mass is 10.1. The summed E-state index contributed by atoms with van der Waals surface area (Å²) in [6, 6.07) is 15.0. The Balaban J connectivity index is 1.21. The molecule has 214 valence electrons. The predicted molar refractivity (Wildman–Crippen MR) is 163 cm³/mol. The number of para-hydroxylation sites is 1. The summed E-state index contributed by atoms with van der Waals surface area (Å²) in [4.78, 5) is 17.7. The van der Waals surface area contributed by atoms with E-state index in [0.717, 1.165) is 35.5 Å². The summed E-state index contributed by atoms with van der Waals surface area (Å²) in [7, 11) is 0.462. The van der Waals surface area contributed by atoms with E-state index in [-0.39, 0.29) is 0 Å². The maximum atomic E-state index is 12.5. The van der Waals surface area contributed by atoms with E-state index in [1.54, 1.807) is 7.11 Å². The number of hydrogen-bond acceptors (Lipinski definition) is 9. The molecule has 2 unspecified atom stereocenters. The first-order chi connectivity index (χ1) is 19.8. The highest BCUT2D eigenvalue weighted by molar-refractivity contribution is 7.92. The highest BCUT2D eigenvalue weighted by Crippen LogP contribution is 2.41. The number of hydrogen-bond donors (Lipinski definition) is 3. The number of fused-ring (bicyclic) bond motifs is 4. The molecule has 3 aliphatic rings. The quantitative estimate of drug-likeness (QED) is 0.300. The predicted octanol–water partition coefficient (Wildman–Crippen LogP) is 4.06. The summed E-state index contributed by atoms with van der Waals surface area (Å²) in [6.07, 6.45) is 6.14. The summed E-state index contributed by atoms with van der Waals surface area (Å²) in [5.74, 6) is 1.67. The van der Waals surface area contributed by atoms with Gasteiger partial charge in [0.25, 0.3) is 0 Å². The summed E-state index contributed by atoms with van der Waals surface area (Å²) in [5.41, 5.74) is 4.92. The molecule has 41 heavy (non-hydrogen) atoms. The zero-order valence-corrected chi connectivity index (χ0v) is 24.2. The molecule has 4 aromatic rings. The van der Waals surface area contributed by atoms with Gasteiger partial charge in [-0.15, -0.1) is 0 Å². The minimum atomic E-state index is -3.41. The molecule has 5 heterocycles. The van der Waals surface area contributed by atoms with Gasteiger partial charge in [-0.2, -0.15) is 9.97 Å². The number of likely N-dealkylation sites (tertiary alicyclic amines) is 1. The van der Waals surface area contributed by atoms with Crippen LogP contribution in [0.15, 0.2) is 48.7 Å². The number of methoxy groups -OCH3 is 1. The topological polar surface area (TPSA) is 119 Å². The Morgan fingerprint density at radius 3 is 2.59 bits per heavy atom. The molecular formula is C29H34N8O3S. The van der Waals surface area contributed by atoms with E-state index in [1.807, 2.05) is 36.5 Å². The minimum absolute atomic E-state index is 0.390. The lowest BCUT2D eigenvalue weighted by molar-refractivity contribution is 0.264. The molecule has 2 bridgehead atoms.